The van der Waals surface area contributed by atoms with Gasteiger partial charge in [-0.2, -0.15) is 0 Å². The number of aromatic amines is 1. The third kappa shape index (κ3) is 1.91. The van der Waals surface area contributed by atoms with E-state index in [2.05, 4.69) is 113 Å². The summed E-state index contributed by atoms with van der Waals surface area (Å²) in [5.41, 5.74) is 8.65. The molecule has 2 heteroatoms. The van der Waals surface area contributed by atoms with Crippen LogP contribution in [0, 0.1) is 0 Å². The summed E-state index contributed by atoms with van der Waals surface area (Å²) < 4.78 is 2.47. The van der Waals surface area contributed by atoms with Crippen LogP contribution in [0.2, 0.25) is 0 Å². The van der Waals surface area contributed by atoms with Crippen LogP contribution in [0.5, 0.6) is 0 Å². The molecule has 0 aliphatic carbocycles. The fourth-order valence-electron chi connectivity index (χ4n) is 5.74. The number of rotatable bonds is 1. The lowest BCUT2D eigenvalue weighted by atomic mass is 9.98. The molecule has 0 bridgehead atoms. The molecule has 5 aromatic carbocycles. The SMILES string of the molecule is c1ccc(-c2cc3[nH]c4cccc5c4c3c(c2)c2cccc3c4ccccc4n5c23)cc1. The molecule has 2 nitrogen and oxygen atoms in total. The Morgan fingerprint density at radius 3 is 2.09 bits per heavy atom. The van der Waals surface area contributed by atoms with Gasteiger partial charge in [0.15, 0.2) is 0 Å². The quantitative estimate of drug-likeness (QED) is 0.284. The van der Waals surface area contributed by atoms with Gasteiger partial charge in [0.1, 0.15) is 0 Å². The van der Waals surface area contributed by atoms with E-state index in [-0.39, 0.29) is 0 Å². The van der Waals surface area contributed by atoms with Gasteiger partial charge in [0.25, 0.3) is 0 Å². The van der Waals surface area contributed by atoms with Gasteiger partial charge < -0.3 is 9.38 Å². The van der Waals surface area contributed by atoms with Crippen molar-refractivity contribution in [3.8, 4) is 11.1 Å². The lowest BCUT2D eigenvalue weighted by Gasteiger charge is -2.05. The summed E-state index contributed by atoms with van der Waals surface area (Å²) in [6.45, 7) is 0. The number of H-pyrrole nitrogens is 1. The van der Waals surface area contributed by atoms with Gasteiger partial charge in [-0.25, -0.2) is 0 Å². The van der Waals surface area contributed by atoms with Crippen LogP contribution in [-0.2, 0) is 0 Å². The summed E-state index contributed by atoms with van der Waals surface area (Å²) in [6, 6.07) is 37.5. The van der Waals surface area contributed by atoms with Gasteiger partial charge in [-0.15, -0.1) is 0 Å². The van der Waals surface area contributed by atoms with Crippen molar-refractivity contribution >= 4 is 59.9 Å². The molecule has 8 aromatic rings. The third-order valence-electron chi connectivity index (χ3n) is 7.03. The number of fused-ring (bicyclic) bond motifs is 5. The smallest absolute Gasteiger partial charge is 0.0619 e. The maximum atomic E-state index is 3.73. The zero-order chi connectivity index (χ0) is 20.8. The van der Waals surface area contributed by atoms with Gasteiger partial charge in [0.2, 0.25) is 0 Å². The molecule has 32 heavy (non-hydrogen) atoms. The molecule has 3 aromatic heterocycles. The number of benzene rings is 5. The summed E-state index contributed by atoms with van der Waals surface area (Å²) in [5.74, 6) is 0. The van der Waals surface area contributed by atoms with Gasteiger partial charge in [0, 0.05) is 38.0 Å². The van der Waals surface area contributed by atoms with E-state index in [0.29, 0.717) is 0 Å². The minimum absolute atomic E-state index is 1.18. The molecule has 0 atom stereocenters. The van der Waals surface area contributed by atoms with E-state index in [9.17, 15) is 0 Å². The molecule has 0 unspecified atom stereocenters. The Morgan fingerprint density at radius 2 is 1.19 bits per heavy atom. The van der Waals surface area contributed by atoms with Crippen LogP contribution in [0.25, 0.3) is 71.0 Å². The molecule has 0 saturated heterocycles. The standard InChI is InChI=1S/C30H18N2/c1-2-8-18(9-3-1)19-16-23-22-12-6-11-21-20-10-4-5-14-26(20)32(30(21)22)27-15-7-13-24-29(27)28(23)25(17-19)31-24/h1-17,31H. The van der Waals surface area contributed by atoms with Crippen molar-refractivity contribution in [2.45, 2.75) is 0 Å². The first-order chi connectivity index (χ1) is 15.9. The van der Waals surface area contributed by atoms with Crippen LogP contribution in [0.3, 0.4) is 0 Å². The van der Waals surface area contributed by atoms with Crippen molar-refractivity contribution in [2.24, 2.45) is 0 Å². The van der Waals surface area contributed by atoms with Gasteiger partial charge in [0.05, 0.1) is 16.6 Å². The Balaban J connectivity index is 1.76. The second-order valence-electron chi connectivity index (χ2n) is 8.69. The van der Waals surface area contributed by atoms with Crippen LogP contribution in [-0.4, -0.2) is 9.38 Å². The Kier molecular flexibility index (Phi) is 2.91. The predicted octanol–water partition coefficient (Wildman–Crippen LogP) is 8.14. The van der Waals surface area contributed by atoms with Gasteiger partial charge >= 0.3 is 0 Å². The lowest BCUT2D eigenvalue weighted by Crippen LogP contribution is -1.84. The van der Waals surface area contributed by atoms with E-state index in [0.717, 1.165) is 0 Å². The van der Waals surface area contributed by atoms with Crippen LogP contribution < -0.4 is 0 Å². The number of hydrogen-bond acceptors (Lipinski definition) is 0. The molecule has 0 radical (unpaired) electrons. The minimum atomic E-state index is 1.18. The zero-order valence-electron chi connectivity index (χ0n) is 17.3. The third-order valence-corrected chi connectivity index (χ3v) is 7.03. The number of nitrogens with one attached hydrogen (secondary N) is 1. The molecule has 0 spiro atoms. The van der Waals surface area contributed by atoms with Crippen LogP contribution in [0.1, 0.15) is 0 Å². The lowest BCUT2D eigenvalue weighted by molar-refractivity contribution is 1.36. The fraction of sp³-hybridized carbons (Fsp3) is 0. The van der Waals surface area contributed by atoms with Crippen molar-refractivity contribution in [1.82, 2.24) is 9.38 Å². The summed E-state index contributed by atoms with van der Waals surface area (Å²) in [6.07, 6.45) is 0. The maximum Gasteiger partial charge on any atom is 0.0619 e. The first-order valence-corrected chi connectivity index (χ1v) is 11.1. The molecule has 148 valence electrons. The molecule has 0 aliphatic heterocycles. The average Bonchev–Trinajstić information content (AvgIpc) is 3.35. The zero-order valence-corrected chi connectivity index (χ0v) is 17.3. The normalized spacial score (nSPS) is 12.4. The summed E-state index contributed by atoms with van der Waals surface area (Å²) in [5, 5.41) is 7.82. The topological polar surface area (TPSA) is 20.2 Å². The van der Waals surface area contributed by atoms with Crippen molar-refractivity contribution in [2.75, 3.05) is 0 Å². The summed E-state index contributed by atoms with van der Waals surface area (Å²) in [7, 11) is 0. The van der Waals surface area contributed by atoms with E-state index in [1.165, 1.54) is 71.0 Å². The molecule has 8 rings (SSSR count). The molecular weight excluding hydrogens is 388 g/mol. The van der Waals surface area contributed by atoms with E-state index in [1.807, 2.05) is 0 Å². The van der Waals surface area contributed by atoms with Gasteiger partial charge in [-0.05, 0) is 46.8 Å². The number of hydrogen-bond donors (Lipinski definition) is 1. The molecule has 0 aliphatic rings. The molecule has 3 heterocycles. The highest BCUT2D eigenvalue weighted by molar-refractivity contribution is 6.31. The van der Waals surface area contributed by atoms with Crippen molar-refractivity contribution in [1.29, 1.82) is 0 Å². The van der Waals surface area contributed by atoms with Crippen molar-refractivity contribution in [3.05, 3.63) is 103 Å². The number of nitrogens with zero attached hydrogens (tertiary/aromatic N) is 1. The van der Waals surface area contributed by atoms with Crippen LogP contribution in [0.4, 0.5) is 0 Å². The predicted molar refractivity (Wildman–Crippen MR) is 136 cm³/mol. The van der Waals surface area contributed by atoms with Crippen LogP contribution in [0.15, 0.2) is 103 Å². The van der Waals surface area contributed by atoms with E-state index >= 15 is 0 Å². The highest BCUT2D eigenvalue weighted by atomic mass is 14.9. The summed E-state index contributed by atoms with van der Waals surface area (Å²) >= 11 is 0. The highest BCUT2D eigenvalue weighted by Crippen LogP contribution is 2.43. The molecular formula is C30H18N2. The summed E-state index contributed by atoms with van der Waals surface area (Å²) in [4.78, 5) is 3.73. The van der Waals surface area contributed by atoms with E-state index in [4.69, 9.17) is 0 Å². The fourth-order valence-corrected chi connectivity index (χ4v) is 5.74. The Morgan fingerprint density at radius 1 is 0.469 bits per heavy atom. The monoisotopic (exact) mass is 406 g/mol. The second-order valence-corrected chi connectivity index (χ2v) is 8.69. The molecule has 1 N–H and O–H groups in total. The minimum Gasteiger partial charge on any atom is -0.354 e. The number of aromatic nitrogens is 2. The average molecular weight is 406 g/mol. The molecule has 0 amide bonds. The maximum absolute atomic E-state index is 3.73. The largest absolute Gasteiger partial charge is 0.354 e. The molecule has 0 fully saturated rings. The van der Waals surface area contributed by atoms with Gasteiger partial charge in [-0.3, -0.25) is 0 Å². The van der Waals surface area contributed by atoms with Crippen molar-refractivity contribution < 1.29 is 0 Å². The van der Waals surface area contributed by atoms with Crippen LogP contribution >= 0.6 is 0 Å². The Bertz CT molecular complexity index is 1970. The van der Waals surface area contributed by atoms with Crippen molar-refractivity contribution in [3.63, 3.8) is 0 Å². The first-order valence-electron chi connectivity index (χ1n) is 11.1. The first kappa shape index (κ1) is 16.4. The van der Waals surface area contributed by atoms with E-state index < -0.39 is 0 Å². The highest BCUT2D eigenvalue weighted by Gasteiger charge is 2.19. The Labute approximate surface area is 183 Å². The molecule has 0 saturated carbocycles. The Hall–Kier alpha value is -4.30. The number of para-hydroxylation sites is 2. The van der Waals surface area contributed by atoms with Gasteiger partial charge in [-0.1, -0.05) is 72.8 Å². The van der Waals surface area contributed by atoms with E-state index in [1.54, 1.807) is 0 Å². The second kappa shape index (κ2) is 5.68.